The molecule has 0 radical (unpaired) electrons. The standard InChI is InChI=1S/C14H20N4/c1-4-11(10(3)15-5-2)12-6-7-13-14(18-12)17-9-8-16-13/h6-11,15H,4-5H2,1-3H3. The van der Waals surface area contributed by atoms with Gasteiger partial charge in [0.25, 0.3) is 0 Å². The smallest absolute Gasteiger partial charge is 0.178 e. The van der Waals surface area contributed by atoms with Gasteiger partial charge in [-0.05, 0) is 32.0 Å². The number of aromatic nitrogens is 3. The Balaban J connectivity index is 2.33. The molecule has 0 saturated carbocycles. The highest BCUT2D eigenvalue weighted by Crippen LogP contribution is 2.22. The van der Waals surface area contributed by atoms with Crippen molar-refractivity contribution in [2.75, 3.05) is 6.54 Å². The van der Waals surface area contributed by atoms with Crippen LogP contribution in [0.5, 0.6) is 0 Å². The third kappa shape index (κ3) is 2.64. The van der Waals surface area contributed by atoms with Gasteiger partial charge < -0.3 is 5.32 Å². The maximum absolute atomic E-state index is 4.64. The van der Waals surface area contributed by atoms with Gasteiger partial charge in [0.2, 0.25) is 0 Å². The molecule has 2 heterocycles. The lowest BCUT2D eigenvalue weighted by Crippen LogP contribution is -2.32. The molecule has 96 valence electrons. The zero-order valence-electron chi connectivity index (χ0n) is 11.2. The minimum Gasteiger partial charge on any atom is -0.314 e. The van der Waals surface area contributed by atoms with Gasteiger partial charge in [0.15, 0.2) is 5.65 Å². The Morgan fingerprint density at radius 1 is 1.17 bits per heavy atom. The van der Waals surface area contributed by atoms with E-state index >= 15 is 0 Å². The first kappa shape index (κ1) is 12.9. The Kier molecular flexibility index (Phi) is 4.20. The van der Waals surface area contributed by atoms with Gasteiger partial charge in [-0.25, -0.2) is 9.97 Å². The lowest BCUT2D eigenvalue weighted by molar-refractivity contribution is 0.453. The second-order valence-electron chi connectivity index (χ2n) is 4.50. The molecule has 4 nitrogen and oxygen atoms in total. The van der Waals surface area contributed by atoms with Gasteiger partial charge in [-0.2, -0.15) is 0 Å². The van der Waals surface area contributed by atoms with E-state index in [4.69, 9.17) is 0 Å². The molecule has 4 heteroatoms. The van der Waals surface area contributed by atoms with Gasteiger partial charge in [0.05, 0.1) is 0 Å². The molecule has 0 aliphatic rings. The summed E-state index contributed by atoms with van der Waals surface area (Å²) < 4.78 is 0. The van der Waals surface area contributed by atoms with E-state index in [1.165, 1.54) is 0 Å². The van der Waals surface area contributed by atoms with Crippen LogP contribution in [-0.2, 0) is 0 Å². The minimum atomic E-state index is 0.413. The van der Waals surface area contributed by atoms with Crippen LogP contribution in [0.2, 0.25) is 0 Å². The highest BCUT2D eigenvalue weighted by Gasteiger charge is 2.18. The molecule has 0 saturated heterocycles. The number of fused-ring (bicyclic) bond motifs is 1. The molecule has 2 atom stereocenters. The number of nitrogens with zero attached hydrogens (tertiary/aromatic N) is 3. The largest absolute Gasteiger partial charge is 0.314 e. The summed E-state index contributed by atoms with van der Waals surface area (Å²) in [5.41, 5.74) is 2.68. The van der Waals surface area contributed by atoms with Crippen LogP contribution in [-0.4, -0.2) is 27.5 Å². The second kappa shape index (κ2) is 5.87. The number of hydrogen-bond acceptors (Lipinski definition) is 4. The molecule has 0 bridgehead atoms. The highest BCUT2D eigenvalue weighted by molar-refractivity contribution is 5.69. The SMILES string of the molecule is CCNC(C)C(CC)c1ccc2nccnc2n1. The van der Waals surface area contributed by atoms with Gasteiger partial charge >= 0.3 is 0 Å². The molecule has 2 rings (SSSR count). The van der Waals surface area contributed by atoms with E-state index in [9.17, 15) is 0 Å². The summed E-state index contributed by atoms with van der Waals surface area (Å²) in [6, 6.07) is 4.49. The molecule has 2 aromatic rings. The summed E-state index contributed by atoms with van der Waals surface area (Å²) in [6.07, 6.45) is 4.45. The van der Waals surface area contributed by atoms with Crippen molar-refractivity contribution in [2.24, 2.45) is 0 Å². The third-order valence-electron chi connectivity index (χ3n) is 3.30. The summed E-state index contributed by atoms with van der Waals surface area (Å²) in [5, 5.41) is 3.47. The molecule has 0 amide bonds. The maximum atomic E-state index is 4.64. The first-order valence-corrected chi connectivity index (χ1v) is 6.57. The molecule has 1 N–H and O–H groups in total. The highest BCUT2D eigenvalue weighted by atomic mass is 14.9. The van der Waals surface area contributed by atoms with Crippen molar-refractivity contribution in [3.63, 3.8) is 0 Å². The summed E-state index contributed by atoms with van der Waals surface area (Å²) in [6.45, 7) is 7.51. The Bertz CT molecular complexity index is 512. The van der Waals surface area contributed by atoms with Crippen LogP contribution in [0.4, 0.5) is 0 Å². The topological polar surface area (TPSA) is 50.7 Å². The van der Waals surface area contributed by atoms with E-state index in [1.54, 1.807) is 12.4 Å². The molecule has 0 spiro atoms. The quantitative estimate of drug-likeness (QED) is 0.878. The number of rotatable bonds is 5. The van der Waals surface area contributed by atoms with E-state index in [1.807, 2.05) is 6.07 Å². The van der Waals surface area contributed by atoms with Crippen LogP contribution in [0.3, 0.4) is 0 Å². The van der Waals surface area contributed by atoms with Gasteiger partial charge in [0.1, 0.15) is 5.52 Å². The Labute approximate surface area is 108 Å². The number of hydrogen-bond donors (Lipinski definition) is 1. The van der Waals surface area contributed by atoms with Crippen molar-refractivity contribution >= 4 is 11.2 Å². The molecule has 0 aliphatic carbocycles. The van der Waals surface area contributed by atoms with Crippen molar-refractivity contribution in [3.8, 4) is 0 Å². The van der Waals surface area contributed by atoms with Gasteiger partial charge in [0, 0.05) is 30.0 Å². The Morgan fingerprint density at radius 3 is 2.67 bits per heavy atom. The van der Waals surface area contributed by atoms with Crippen LogP contribution in [0.1, 0.15) is 38.8 Å². The Hall–Kier alpha value is -1.55. The average molecular weight is 244 g/mol. The zero-order chi connectivity index (χ0) is 13.0. The van der Waals surface area contributed by atoms with Crippen molar-refractivity contribution < 1.29 is 0 Å². The summed E-state index contributed by atoms with van der Waals surface area (Å²) >= 11 is 0. The van der Waals surface area contributed by atoms with Crippen molar-refractivity contribution in [1.29, 1.82) is 0 Å². The predicted octanol–water partition coefficient (Wildman–Crippen LogP) is 2.52. The molecule has 0 aromatic carbocycles. The predicted molar refractivity (Wildman–Crippen MR) is 73.5 cm³/mol. The lowest BCUT2D eigenvalue weighted by atomic mass is 9.94. The van der Waals surface area contributed by atoms with Crippen LogP contribution in [0, 0.1) is 0 Å². The van der Waals surface area contributed by atoms with Crippen LogP contribution in [0.25, 0.3) is 11.2 Å². The first-order chi connectivity index (χ1) is 8.76. The van der Waals surface area contributed by atoms with Gasteiger partial charge in [-0.1, -0.05) is 13.8 Å². The van der Waals surface area contributed by atoms with Crippen molar-refractivity contribution in [3.05, 3.63) is 30.2 Å². The van der Waals surface area contributed by atoms with E-state index in [-0.39, 0.29) is 0 Å². The molecular weight excluding hydrogens is 224 g/mol. The van der Waals surface area contributed by atoms with E-state index in [0.717, 1.165) is 29.8 Å². The summed E-state index contributed by atoms with van der Waals surface area (Å²) in [4.78, 5) is 13.2. The number of nitrogens with one attached hydrogen (secondary N) is 1. The summed E-state index contributed by atoms with van der Waals surface area (Å²) in [7, 11) is 0. The molecule has 2 aromatic heterocycles. The summed E-state index contributed by atoms with van der Waals surface area (Å²) in [5.74, 6) is 0.413. The van der Waals surface area contributed by atoms with Crippen molar-refractivity contribution in [1.82, 2.24) is 20.3 Å². The molecule has 18 heavy (non-hydrogen) atoms. The number of pyridine rings is 1. The van der Waals surface area contributed by atoms with E-state index in [2.05, 4.69) is 47.1 Å². The molecule has 0 aliphatic heterocycles. The zero-order valence-corrected chi connectivity index (χ0v) is 11.2. The molecular formula is C14H20N4. The Morgan fingerprint density at radius 2 is 1.94 bits per heavy atom. The fourth-order valence-electron chi connectivity index (χ4n) is 2.36. The van der Waals surface area contributed by atoms with Crippen LogP contribution < -0.4 is 5.32 Å². The lowest BCUT2D eigenvalue weighted by Gasteiger charge is -2.23. The second-order valence-corrected chi connectivity index (χ2v) is 4.50. The normalized spacial score (nSPS) is 14.6. The molecule has 0 fully saturated rings. The number of likely N-dealkylation sites (N-methyl/N-ethyl adjacent to an activating group) is 1. The fourth-order valence-corrected chi connectivity index (χ4v) is 2.36. The minimum absolute atomic E-state index is 0.413. The van der Waals surface area contributed by atoms with Crippen LogP contribution in [0.15, 0.2) is 24.5 Å². The van der Waals surface area contributed by atoms with Crippen molar-refractivity contribution in [2.45, 2.75) is 39.2 Å². The maximum Gasteiger partial charge on any atom is 0.178 e. The van der Waals surface area contributed by atoms with Crippen LogP contribution >= 0.6 is 0 Å². The van der Waals surface area contributed by atoms with Gasteiger partial charge in [-0.15, -0.1) is 0 Å². The first-order valence-electron chi connectivity index (χ1n) is 6.57. The third-order valence-corrected chi connectivity index (χ3v) is 3.30. The van der Waals surface area contributed by atoms with Gasteiger partial charge in [-0.3, -0.25) is 4.98 Å². The van der Waals surface area contributed by atoms with E-state index < -0.39 is 0 Å². The van der Waals surface area contributed by atoms with E-state index in [0.29, 0.717) is 12.0 Å². The monoisotopic (exact) mass is 244 g/mol. The fraction of sp³-hybridized carbons (Fsp3) is 0.500. The average Bonchev–Trinajstić information content (AvgIpc) is 2.40. The molecule has 2 unspecified atom stereocenters.